The number of para-hydroxylation sites is 1. The summed E-state index contributed by atoms with van der Waals surface area (Å²) in [4.78, 5) is 18.3. The lowest BCUT2D eigenvalue weighted by Crippen LogP contribution is -2.37. The summed E-state index contributed by atoms with van der Waals surface area (Å²) in [6, 6.07) is 10.2. The Labute approximate surface area is 156 Å². The van der Waals surface area contributed by atoms with Gasteiger partial charge in [-0.1, -0.05) is 50.3 Å². The summed E-state index contributed by atoms with van der Waals surface area (Å²) in [6.07, 6.45) is 12.2. The number of benzene rings is 1. The lowest BCUT2D eigenvalue weighted by Gasteiger charge is -2.34. The minimum Gasteiger partial charge on any atom is -0.322 e. The molecule has 4 rings (SSSR count). The van der Waals surface area contributed by atoms with Gasteiger partial charge in [0.1, 0.15) is 0 Å². The summed E-state index contributed by atoms with van der Waals surface area (Å²) < 4.78 is 0. The van der Waals surface area contributed by atoms with E-state index >= 15 is 0 Å². The number of piperidine rings is 1. The van der Waals surface area contributed by atoms with Crippen molar-refractivity contribution in [3.8, 4) is 0 Å². The fourth-order valence-electron chi connectivity index (χ4n) is 4.98. The summed E-state index contributed by atoms with van der Waals surface area (Å²) in [5, 5.41) is 1.15. The van der Waals surface area contributed by atoms with E-state index in [4.69, 9.17) is 0 Å². The largest absolute Gasteiger partial charge is 0.322 e. The molecular weight excluding hydrogens is 320 g/mol. The van der Waals surface area contributed by atoms with Crippen molar-refractivity contribution in [2.45, 2.75) is 63.7 Å². The van der Waals surface area contributed by atoms with Crippen LogP contribution < -0.4 is 5.56 Å². The molecule has 1 N–H and O–H groups in total. The van der Waals surface area contributed by atoms with Crippen molar-refractivity contribution < 1.29 is 0 Å². The van der Waals surface area contributed by atoms with Gasteiger partial charge in [-0.25, -0.2) is 0 Å². The first-order valence-electron chi connectivity index (χ1n) is 10.6. The normalized spacial score (nSPS) is 21.5. The molecule has 1 aliphatic heterocycles. The maximum absolute atomic E-state index is 12.5. The Bertz CT molecular complexity index is 765. The van der Waals surface area contributed by atoms with Gasteiger partial charge in [-0.3, -0.25) is 4.79 Å². The number of aromatic nitrogens is 1. The molecule has 2 aromatic rings. The molecule has 0 radical (unpaired) electrons. The summed E-state index contributed by atoms with van der Waals surface area (Å²) >= 11 is 0. The van der Waals surface area contributed by atoms with Crippen LogP contribution in [0.4, 0.5) is 0 Å². The van der Waals surface area contributed by atoms with Crippen molar-refractivity contribution in [2.24, 2.45) is 5.92 Å². The number of aromatic amines is 1. The Morgan fingerprint density at radius 3 is 2.38 bits per heavy atom. The van der Waals surface area contributed by atoms with Crippen LogP contribution in [0.3, 0.4) is 0 Å². The van der Waals surface area contributed by atoms with Crippen molar-refractivity contribution in [3.63, 3.8) is 0 Å². The molecule has 1 saturated heterocycles. The number of H-pyrrole nitrogens is 1. The van der Waals surface area contributed by atoms with E-state index in [0.29, 0.717) is 5.92 Å². The molecule has 1 aromatic heterocycles. The standard InChI is InChI=1S/C23H32N2O/c26-23-21(16-20-10-6-7-11-22(20)24-23)19-12-14-25(15-13-19)17-18-8-4-2-1-3-5-9-18/h6-7,10-11,16,18-19H,1-5,8-9,12-15,17H2,(H,24,26). The van der Waals surface area contributed by atoms with Gasteiger partial charge in [-0.2, -0.15) is 0 Å². The van der Waals surface area contributed by atoms with E-state index in [1.54, 1.807) is 0 Å². The molecule has 2 fully saturated rings. The summed E-state index contributed by atoms with van der Waals surface area (Å²) in [5.41, 5.74) is 2.06. The van der Waals surface area contributed by atoms with Crippen LogP contribution in [0.5, 0.6) is 0 Å². The number of nitrogens with zero attached hydrogens (tertiary/aromatic N) is 1. The molecule has 2 heterocycles. The second-order valence-corrected chi connectivity index (χ2v) is 8.43. The number of hydrogen-bond acceptors (Lipinski definition) is 2. The van der Waals surface area contributed by atoms with Crippen molar-refractivity contribution >= 4 is 10.9 Å². The van der Waals surface area contributed by atoms with Crippen LogP contribution in [0.1, 0.15) is 69.3 Å². The summed E-state index contributed by atoms with van der Waals surface area (Å²) in [7, 11) is 0. The Hall–Kier alpha value is -1.61. The second-order valence-electron chi connectivity index (χ2n) is 8.43. The van der Waals surface area contributed by atoms with Crippen LogP contribution in [-0.2, 0) is 0 Å². The first-order chi connectivity index (χ1) is 12.8. The highest BCUT2D eigenvalue weighted by molar-refractivity contribution is 5.78. The Morgan fingerprint density at radius 1 is 0.923 bits per heavy atom. The highest BCUT2D eigenvalue weighted by Crippen LogP contribution is 2.29. The van der Waals surface area contributed by atoms with Crippen LogP contribution in [0, 0.1) is 5.92 Å². The topological polar surface area (TPSA) is 36.1 Å². The predicted molar refractivity (Wildman–Crippen MR) is 109 cm³/mol. The van der Waals surface area contributed by atoms with E-state index in [0.717, 1.165) is 48.3 Å². The highest BCUT2D eigenvalue weighted by atomic mass is 16.1. The SMILES string of the molecule is O=c1[nH]c2ccccc2cc1C1CCN(CC2CCCCCCC2)CC1. The van der Waals surface area contributed by atoms with Gasteiger partial charge in [0.25, 0.3) is 5.56 Å². The number of hydrogen-bond donors (Lipinski definition) is 1. The fourth-order valence-corrected chi connectivity index (χ4v) is 4.98. The molecule has 26 heavy (non-hydrogen) atoms. The quantitative estimate of drug-likeness (QED) is 0.837. The fraction of sp³-hybridized carbons (Fsp3) is 0.609. The van der Waals surface area contributed by atoms with Gasteiger partial charge < -0.3 is 9.88 Å². The maximum atomic E-state index is 12.5. The number of fused-ring (bicyclic) bond motifs is 1. The minimum absolute atomic E-state index is 0.113. The maximum Gasteiger partial charge on any atom is 0.251 e. The van der Waals surface area contributed by atoms with Crippen LogP contribution in [-0.4, -0.2) is 29.5 Å². The molecule has 3 nitrogen and oxygen atoms in total. The molecule has 140 valence electrons. The average molecular weight is 353 g/mol. The average Bonchev–Trinajstić information content (AvgIpc) is 2.64. The Balaban J connectivity index is 1.37. The minimum atomic E-state index is 0.113. The number of pyridine rings is 1. The molecule has 0 amide bonds. The van der Waals surface area contributed by atoms with Crippen LogP contribution in [0.15, 0.2) is 35.1 Å². The second kappa shape index (κ2) is 8.39. The van der Waals surface area contributed by atoms with Crippen molar-refractivity contribution in [3.05, 3.63) is 46.2 Å². The van der Waals surface area contributed by atoms with Crippen LogP contribution in [0.25, 0.3) is 10.9 Å². The monoisotopic (exact) mass is 352 g/mol. The molecule has 1 saturated carbocycles. The van der Waals surface area contributed by atoms with E-state index in [1.807, 2.05) is 18.2 Å². The first kappa shape index (κ1) is 17.8. The summed E-state index contributed by atoms with van der Waals surface area (Å²) in [6.45, 7) is 3.57. The number of likely N-dealkylation sites (tertiary alicyclic amines) is 1. The molecule has 0 atom stereocenters. The van der Waals surface area contributed by atoms with Gasteiger partial charge >= 0.3 is 0 Å². The lowest BCUT2D eigenvalue weighted by molar-refractivity contribution is 0.168. The Kier molecular flexibility index (Phi) is 5.74. The van der Waals surface area contributed by atoms with Crippen molar-refractivity contribution in [1.29, 1.82) is 0 Å². The van der Waals surface area contributed by atoms with Gasteiger partial charge in [0.2, 0.25) is 0 Å². The van der Waals surface area contributed by atoms with E-state index < -0.39 is 0 Å². The zero-order valence-electron chi connectivity index (χ0n) is 15.9. The van der Waals surface area contributed by atoms with Gasteiger partial charge in [0, 0.05) is 17.6 Å². The predicted octanol–water partition coefficient (Wildman–Crippen LogP) is 5.07. The molecule has 0 bridgehead atoms. The van der Waals surface area contributed by atoms with Gasteiger partial charge in [-0.05, 0) is 68.1 Å². The third-order valence-corrected chi connectivity index (χ3v) is 6.55. The molecule has 3 heteroatoms. The van der Waals surface area contributed by atoms with Crippen LogP contribution in [0.2, 0.25) is 0 Å². The van der Waals surface area contributed by atoms with Crippen molar-refractivity contribution in [2.75, 3.05) is 19.6 Å². The van der Waals surface area contributed by atoms with E-state index in [9.17, 15) is 4.79 Å². The zero-order valence-corrected chi connectivity index (χ0v) is 15.9. The summed E-state index contributed by atoms with van der Waals surface area (Å²) in [5.74, 6) is 1.31. The molecule has 2 aliphatic rings. The third kappa shape index (κ3) is 4.20. The van der Waals surface area contributed by atoms with E-state index in [1.165, 1.54) is 51.5 Å². The molecule has 0 unspecified atom stereocenters. The molecule has 0 spiro atoms. The van der Waals surface area contributed by atoms with Crippen molar-refractivity contribution in [1.82, 2.24) is 9.88 Å². The number of nitrogens with one attached hydrogen (secondary N) is 1. The molecule has 1 aliphatic carbocycles. The van der Waals surface area contributed by atoms with Gasteiger partial charge in [-0.15, -0.1) is 0 Å². The molecule has 1 aromatic carbocycles. The smallest absolute Gasteiger partial charge is 0.251 e. The van der Waals surface area contributed by atoms with Gasteiger partial charge in [0.15, 0.2) is 0 Å². The van der Waals surface area contributed by atoms with E-state index in [-0.39, 0.29) is 5.56 Å². The molecular formula is C23H32N2O. The lowest BCUT2D eigenvalue weighted by atomic mass is 9.87. The van der Waals surface area contributed by atoms with E-state index in [2.05, 4.69) is 22.0 Å². The third-order valence-electron chi connectivity index (χ3n) is 6.55. The highest BCUT2D eigenvalue weighted by Gasteiger charge is 2.24. The number of rotatable bonds is 3. The first-order valence-corrected chi connectivity index (χ1v) is 10.6. The Morgan fingerprint density at radius 2 is 1.62 bits per heavy atom. The zero-order chi connectivity index (χ0) is 17.8. The van der Waals surface area contributed by atoms with Gasteiger partial charge in [0.05, 0.1) is 0 Å². The van der Waals surface area contributed by atoms with Crippen LogP contribution >= 0.6 is 0 Å².